The van der Waals surface area contributed by atoms with E-state index in [-0.39, 0.29) is 11.6 Å². The number of hydrogen-bond donors (Lipinski definition) is 0. The Morgan fingerprint density at radius 2 is 1.84 bits per heavy atom. The summed E-state index contributed by atoms with van der Waals surface area (Å²) < 4.78 is 5.30. The molecule has 2 fully saturated rings. The second-order valence-electron chi connectivity index (χ2n) is 6.15. The van der Waals surface area contributed by atoms with Crippen LogP contribution in [0, 0.1) is 10.1 Å². The summed E-state index contributed by atoms with van der Waals surface area (Å²) in [7, 11) is 0. The fourth-order valence-electron chi connectivity index (χ4n) is 3.11. The predicted octanol–water partition coefficient (Wildman–Crippen LogP) is 1.23. The summed E-state index contributed by atoms with van der Waals surface area (Å²) in [5.74, 6) is 0.136. The van der Waals surface area contributed by atoms with Crippen molar-refractivity contribution in [3.63, 3.8) is 0 Å². The molecule has 1 amide bonds. The molecule has 2 heterocycles. The molecule has 0 atom stereocenters. The lowest BCUT2D eigenvalue weighted by Crippen LogP contribution is -2.52. The highest BCUT2D eigenvalue weighted by Gasteiger charge is 2.25. The SMILES string of the molecule is O=C(CN1CCOCC1)N1CCN(c2ccc([N+](=O)[O-])cc2Cl)CC1. The topological polar surface area (TPSA) is 79.2 Å². The third-order valence-electron chi connectivity index (χ3n) is 4.58. The number of rotatable bonds is 4. The summed E-state index contributed by atoms with van der Waals surface area (Å²) >= 11 is 6.19. The van der Waals surface area contributed by atoms with E-state index < -0.39 is 4.92 Å². The number of non-ortho nitro benzene ring substituents is 1. The van der Waals surface area contributed by atoms with Crippen LogP contribution in [0.5, 0.6) is 0 Å². The van der Waals surface area contributed by atoms with Crippen LogP contribution < -0.4 is 4.90 Å². The summed E-state index contributed by atoms with van der Waals surface area (Å²) in [5, 5.41) is 11.2. The van der Waals surface area contributed by atoms with Crippen LogP contribution in [0.25, 0.3) is 0 Å². The highest BCUT2D eigenvalue weighted by molar-refractivity contribution is 6.33. The third kappa shape index (κ3) is 4.39. The van der Waals surface area contributed by atoms with Crippen molar-refractivity contribution in [2.24, 2.45) is 0 Å². The molecule has 0 spiro atoms. The van der Waals surface area contributed by atoms with Gasteiger partial charge in [0.15, 0.2) is 0 Å². The molecule has 0 unspecified atom stereocenters. The molecular formula is C16H21ClN4O4. The van der Waals surface area contributed by atoms with Crippen molar-refractivity contribution in [1.82, 2.24) is 9.80 Å². The molecule has 3 rings (SSSR count). The molecule has 1 aromatic rings. The molecule has 0 bridgehead atoms. The van der Waals surface area contributed by atoms with Gasteiger partial charge in [0.05, 0.1) is 35.4 Å². The minimum absolute atomic E-state index is 0.0203. The Morgan fingerprint density at radius 3 is 2.44 bits per heavy atom. The van der Waals surface area contributed by atoms with Crippen molar-refractivity contribution in [3.8, 4) is 0 Å². The average Bonchev–Trinajstić information content (AvgIpc) is 2.62. The first-order valence-electron chi connectivity index (χ1n) is 8.31. The number of halogens is 1. The number of nitro benzene ring substituents is 1. The average molecular weight is 369 g/mol. The lowest BCUT2D eigenvalue weighted by Gasteiger charge is -2.37. The molecule has 9 heteroatoms. The Kier molecular flexibility index (Phi) is 5.72. The smallest absolute Gasteiger partial charge is 0.271 e. The summed E-state index contributed by atoms with van der Waals surface area (Å²) in [6.07, 6.45) is 0. The monoisotopic (exact) mass is 368 g/mol. The standard InChI is InChI=1S/C16H21ClN4O4/c17-14-11-13(21(23)24)1-2-15(14)19-3-5-20(6-4-19)16(22)12-18-7-9-25-10-8-18/h1-2,11H,3-10,12H2. The largest absolute Gasteiger partial charge is 0.379 e. The highest BCUT2D eigenvalue weighted by atomic mass is 35.5. The van der Waals surface area contributed by atoms with E-state index in [9.17, 15) is 14.9 Å². The molecule has 136 valence electrons. The first-order chi connectivity index (χ1) is 12.0. The van der Waals surface area contributed by atoms with Gasteiger partial charge in [-0.2, -0.15) is 0 Å². The summed E-state index contributed by atoms with van der Waals surface area (Å²) in [6.45, 7) is 5.95. The number of carbonyl (C=O) groups excluding carboxylic acids is 1. The summed E-state index contributed by atoms with van der Waals surface area (Å²) in [5.41, 5.74) is 0.751. The Balaban J connectivity index is 1.54. The fraction of sp³-hybridized carbons (Fsp3) is 0.562. The van der Waals surface area contributed by atoms with Crippen molar-refractivity contribution in [3.05, 3.63) is 33.3 Å². The van der Waals surface area contributed by atoms with Crippen molar-refractivity contribution in [2.45, 2.75) is 0 Å². The fourth-order valence-corrected chi connectivity index (χ4v) is 3.41. The molecule has 2 aliphatic rings. The van der Waals surface area contributed by atoms with E-state index in [4.69, 9.17) is 16.3 Å². The molecule has 8 nitrogen and oxygen atoms in total. The van der Waals surface area contributed by atoms with Crippen LogP contribution in [0.15, 0.2) is 18.2 Å². The maximum Gasteiger partial charge on any atom is 0.271 e. The van der Waals surface area contributed by atoms with Gasteiger partial charge < -0.3 is 14.5 Å². The number of nitrogens with zero attached hydrogens (tertiary/aromatic N) is 4. The lowest BCUT2D eigenvalue weighted by atomic mass is 10.2. The van der Waals surface area contributed by atoms with Crippen LogP contribution in [-0.4, -0.2) is 79.7 Å². The summed E-state index contributed by atoms with van der Waals surface area (Å²) in [4.78, 5) is 28.8. The number of nitro groups is 1. The van der Waals surface area contributed by atoms with Crippen LogP contribution in [0.3, 0.4) is 0 Å². The zero-order valence-electron chi connectivity index (χ0n) is 13.9. The van der Waals surface area contributed by atoms with Gasteiger partial charge in [-0.25, -0.2) is 0 Å². The second kappa shape index (κ2) is 7.99. The van der Waals surface area contributed by atoms with Crippen LogP contribution in [0.2, 0.25) is 5.02 Å². The van der Waals surface area contributed by atoms with Gasteiger partial charge in [-0.15, -0.1) is 0 Å². The van der Waals surface area contributed by atoms with Gasteiger partial charge in [-0.05, 0) is 6.07 Å². The number of benzene rings is 1. The van der Waals surface area contributed by atoms with Gasteiger partial charge in [-0.1, -0.05) is 11.6 Å². The number of amides is 1. The van der Waals surface area contributed by atoms with Gasteiger partial charge in [0, 0.05) is 51.4 Å². The zero-order chi connectivity index (χ0) is 17.8. The van der Waals surface area contributed by atoms with Crippen molar-refractivity contribution < 1.29 is 14.5 Å². The van der Waals surface area contributed by atoms with Crippen LogP contribution in [0.1, 0.15) is 0 Å². The molecule has 0 aromatic heterocycles. The van der Waals surface area contributed by atoms with E-state index in [1.807, 2.05) is 4.90 Å². The van der Waals surface area contributed by atoms with Gasteiger partial charge in [0.25, 0.3) is 5.69 Å². The number of ether oxygens (including phenoxy) is 1. The Morgan fingerprint density at radius 1 is 1.16 bits per heavy atom. The number of hydrogen-bond acceptors (Lipinski definition) is 6. The van der Waals surface area contributed by atoms with E-state index in [0.29, 0.717) is 51.0 Å². The minimum atomic E-state index is -0.460. The maximum atomic E-state index is 12.4. The molecule has 0 saturated carbocycles. The number of morpholine rings is 1. The number of piperazine rings is 1. The van der Waals surface area contributed by atoms with Gasteiger partial charge in [-0.3, -0.25) is 19.8 Å². The molecule has 0 N–H and O–H groups in total. The predicted molar refractivity (Wildman–Crippen MR) is 94.2 cm³/mol. The molecule has 2 aliphatic heterocycles. The van der Waals surface area contributed by atoms with Crippen LogP contribution >= 0.6 is 11.6 Å². The minimum Gasteiger partial charge on any atom is -0.379 e. The number of anilines is 1. The quantitative estimate of drug-likeness (QED) is 0.587. The van der Waals surface area contributed by atoms with E-state index in [0.717, 1.165) is 18.8 Å². The number of carbonyl (C=O) groups is 1. The van der Waals surface area contributed by atoms with E-state index >= 15 is 0 Å². The molecule has 1 aromatic carbocycles. The first-order valence-corrected chi connectivity index (χ1v) is 8.69. The molecule has 2 saturated heterocycles. The first kappa shape index (κ1) is 17.9. The Hall–Kier alpha value is -1.90. The Bertz CT molecular complexity index is 643. The molecular weight excluding hydrogens is 348 g/mol. The lowest BCUT2D eigenvalue weighted by molar-refractivity contribution is -0.384. The van der Waals surface area contributed by atoms with Gasteiger partial charge in [0.2, 0.25) is 5.91 Å². The van der Waals surface area contributed by atoms with E-state index in [1.54, 1.807) is 6.07 Å². The van der Waals surface area contributed by atoms with Crippen molar-refractivity contribution in [2.75, 3.05) is 63.9 Å². The highest BCUT2D eigenvalue weighted by Crippen LogP contribution is 2.30. The Labute approximate surface area is 151 Å². The van der Waals surface area contributed by atoms with Crippen molar-refractivity contribution >= 4 is 28.9 Å². The summed E-state index contributed by atoms with van der Waals surface area (Å²) in [6, 6.07) is 4.50. The third-order valence-corrected chi connectivity index (χ3v) is 4.88. The molecule has 0 aliphatic carbocycles. The van der Waals surface area contributed by atoms with Crippen molar-refractivity contribution in [1.29, 1.82) is 0 Å². The zero-order valence-corrected chi connectivity index (χ0v) is 14.7. The normalized spacial score (nSPS) is 19.1. The molecule has 0 radical (unpaired) electrons. The van der Waals surface area contributed by atoms with E-state index in [1.165, 1.54) is 12.1 Å². The van der Waals surface area contributed by atoms with Crippen LogP contribution in [-0.2, 0) is 9.53 Å². The van der Waals surface area contributed by atoms with Gasteiger partial charge in [0.1, 0.15) is 0 Å². The van der Waals surface area contributed by atoms with E-state index in [2.05, 4.69) is 9.80 Å². The van der Waals surface area contributed by atoms with Crippen LogP contribution in [0.4, 0.5) is 11.4 Å². The maximum absolute atomic E-state index is 12.4. The van der Waals surface area contributed by atoms with Gasteiger partial charge >= 0.3 is 0 Å². The molecule has 25 heavy (non-hydrogen) atoms. The second-order valence-corrected chi connectivity index (χ2v) is 6.56.